The van der Waals surface area contributed by atoms with Crippen molar-refractivity contribution in [1.29, 1.82) is 0 Å². The zero-order valence-corrected chi connectivity index (χ0v) is 20.7. The van der Waals surface area contributed by atoms with Crippen molar-refractivity contribution in [3.63, 3.8) is 0 Å². The average Bonchev–Trinajstić information content (AvgIpc) is 2.66. The fraction of sp³-hybridized carbons (Fsp3) is 0. The molecule has 36 heavy (non-hydrogen) atoms. The van der Waals surface area contributed by atoms with Crippen LogP contribution in [0.5, 0.6) is 0 Å². The molecule has 0 saturated heterocycles. The SMILES string of the molecule is [B]B([B])B(B([B])[B])B(B=NB(B(B([B])[B])B([B])[B])B(B([B])[B])B(B([B])[B])B([B])[B])B(B([B])[B])B([B])[B]. The molecular formula is B35N. The van der Waals surface area contributed by atoms with Crippen molar-refractivity contribution >= 4 is 249 Å². The van der Waals surface area contributed by atoms with Crippen LogP contribution in [0.2, 0.25) is 0 Å². The number of hydrogen-bond acceptors (Lipinski definition) is 1. The molecule has 0 bridgehead atoms. The van der Waals surface area contributed by atoms with E-state index in [1.807, 2.05) is 0 Å². The quantitative estimate of drug-likeness (QED) is 0.232. The zero-order valence-electron chi connectivity index (χ0n) is 20.7. The molecule has 110 valence electrons. The molecule has 1 nitrogen and oxygen atoms in total. The summed E-state index contributed by atoms with van der Waals surface area (Å²) in [6.45, 7) is 0.377. The maximum atomic E-state index is 6.13. The molecule has 0 N–H and O–H groups in total. The van der Waals surface area contributed by atoms with Crippen LogP contribution in [0.1, 0.15) is 0 Å². The maximum absolute atomic E-state index is 6.13. The molecule has 0 atom stereocenters. The molecule has 0 aliphatic heterocycles. The van der Waals surface area contributed by atoms with Gasteiger partial charge in [-0.25, -0.2) is 0 Å². The van der Waals surface area contributed by atoms with E-state index < -0.39 is 102 Å². The van der Waals surface area contributed by atoms with Gasteiger partial charge >= 0.3 is 253 Å². The Labute approximate surface area is 252 Å². The van der Waals surface area contributed by atoms with Gasteiger partial charge in [-0.1, -0.05) is 0 Å². The molecule has 0 aromatic heterocycles. The first-order chi connectivity index (χ1) is 16.4. The third-order valence-electron chi connectivity index (χ3n) is 6.55. The summed E-state index contributed by atoms with van der Waals surface area (Å²) in [5.41, 5.74) is 0. The first-order valence-corrected chi connectivity index (χ1v) is 11.5. The van der Waals surface area contributed by atoms with Gasteiger partial charge in [-0.3, -0.25) is 0 Å². The molecule has 36 heteroatoms. The predicted octanol–water partition coefficient (Wildman–Crippen LogP) is -13.1. The topological polar surface area (TPSA) is 12.4 Å². The van der Waals surface area contributed by atoms with Crippen molar-refractivity contribution in [2.45, 2.75) is 0 Å². The third kappa shape index (κ3) is 11.2. The van der Waals surface area contributed by atoms with Crippen LogP contribution >= 0.6 is 0 Å². The van der Waals surface area contributed by atoms with Crippen molar-refractivity contribution in [1.82, 2.24) is 0 Å². The fourth-order valence-corrected chi connectivity index (χ4v) is 4.84. The molecule has 0 rings (SSSR count). The van der Waals surface area contributed by atoms with Crippen LogP contribution in [0.4, 0.5) is 0 Å². The van der Waals surface area contributed by atoms with Gasteiger partial charge in [0.05, 0.1) is 0 Å². The molecule has 0 unspecified atom stereocenters. The Bertz CT molecular complexity index is 540. The van der Waals surface area contributed by atoms with E-state index in [1.165, 1.54) is 6.96 Å². The number of rotatable bonds is 16. The van der Waals surface area contributed by atoms with Crippen molar-refractivity contribution < 1.29 is 0 Å². The second-order valence-corrected chi connectivity index (χ2v) is 9.45. The van der Waals surface area contributed by atoms with Crippen molar-refractivity contribution in [3.8, 4) is 0 Å². The summed E-state index contributed by atoms with van der Waals surface area (Å²) >= 11 is 0. The van der Waals surface area contributed by atoms with Crippen LogP contribution < -0.4 is 0 Å². The van der Waals surface area contributed by atoms with E-state index in [0.717, 1.165) is 0 Å². The van der Waals surface area contributed by atoms with Gasteiger partial charge in [-0.15, -0.1) is 0 Å². The summed E-state index contributed by atoms with van der Waals surface area (Å²) in [7, 11) is 108. The fourth-order valence-electron chi connectivity index (χ4n) is 4.84. The van der Waals surface area contributed by atoms with E-state index in [9.17, 15) is 0 Å². The van der Waals surface area contributed by atoms with Crippen LogP contribution in [0.15, 0.2) is 4.81 Å². The minimum absolute atomic E-state index is 0.838. The first kappa shape index (κ1) is 38.1. The Kier molecular flexibility index (Phi) is 18.8. The van der Waals surface area contributed by atoms with E-state index in [-0.39, 0.29) is 0 Å². The van der Waals surface area contributed by atoms with E-state index in [2.05, 4.69) is 4.81 Å². The zero-order chi connectivity index (χ0) is 28.7. The molecule has 0 aliphatic rings. The molecule has 0 fully saturated rings. The van der Waals surface area contributed by atoms with E-state index in [1.54, 1.807) is 0 Å². The Morgan fingerprint density at radius 3 is 0.778 bits per heavy atom. The molecule has 0 aliphatic carbocycles. The van der Waals surface area contributed by atoms with Gasteiger partial charge in [0.2, 0.25) is 0 Å². The van der Waals surface area contributed by atoms with Gasteiger partial charge in [-0.05, 0) is 0 Å². The summed E-state index contributed by atoms with van der Waals surface area (Å²) in [5.74, 6) is 0. The van der Waals surface area contributed by atoms with Crippen LogP contribution in [0.25, 0.3) is 0 Å². The van der Waals surface area contributed by atoms with Gasteiger partial charge in [0, 0.05) is 0 Å². The van der Waals surface area contributed by atoms with Gasteiger partial charge in [0.1, 0.15) is 0 Å². The van der Waals surface area contributed by atoms with Crippen LogP contribution in [0, 0.1) is 0 Å². The van der Waals surface area contributed by atoms with Crippen LogP contribution in [-0.2, 0) is 0 Å². The molecule has 0 aromatic carbocycles. The third-order valence-corrected chi connectivity index (χ3v) is 6.55. The molecular weight excluding hydrogens is 392 g/mol. The van der Waals surface area contributed by atoms with Gasteiger partial charge in [0.25, 0.3) is 0 Å². The van der Waals surface area contributed by atoms with Crippen molar-refractivity contribution in [2.75, 3.05) is 0 Å². The average molecular weight is 392 g/mol. The van der Waals surface area contributed by atoms with E-state index in [0.29, 0.717) is 0 Å². The number of nitrogens with zero attached hydrogens (tertiary/aromatic N) is 1. The predicted molar refractivity (Wildman–Crippen MR) is 204 cm³/mol. The van der Waals surface area contributed by atoms with Gasteiger partial charge in [-0.2, -0.15) is 0 Å². The van der Waals surface area contributed by atoms with E-state index >= 15 is 0 Å². The summed E-state index contributed by atoms with van der Waals surface area (Å²) < 4.78 is 0. The molecule has 0 spiro atoms. The van der Waals surface area contributed by atoms with Crippen molar-refractivity contribution in [3.05, 3.63) is 0 Å². The normalized spacial score (nSPS) is 9.67. The standard InChI is InChI=1S/B35N/c1-20(2)30(21(3)4)29(31(22(5)6)23(7)8)19-36-35(33(26(13)14)27(15)16)34(28(17)18)32(24(9)10)25(11)12. The van der Waals surface area contributed by atoms with Crippen molar-refractivity contribution in [2.24, 2.45) is 4.81 Å². The molecule has 36 radical (unpaired) electrons. The monoisotopic (exact) mass is 399 g/mol. The Morgan fingerprint density at radius 1 is 0.306 bits per heavy atom. The molecule has 0 aromatic rings. The molecule has 0 saturated carbocycles. The van der Waals surface area contributed by atoms with Gasteiger partial charge < -0.3 is 0 Å². The Morgan fingerprint density at radius 2 is 0.556 bits per heavy atom. The minimum atomic E-state index is -1.12. The summed E-state index contributed by atoms with van der Waals surface area (Å²) in [4.78, 5) is 4.67. The molecule has 0 amide bonds. The Hall–Kier alpha value is 2.07. The number of hydrogen-bond donors (Lipinski definition) is 0. The Balaban J connectivity index is 7.13. The second kappa shape index (κ2) is 17.8. The first-order valence-electron chi connectivity index (χ1n) is 11.5. The summed E-state index contributed by atoms with van der Waals surface area (Å²) in [6, 6.07) is 0. The second-order valence-electron chi connectivity index (χ2n) is 9.45. The van der Waals surface area contributed by atoms with E-state index in [4.69, 9.17) is 139 Å². The summed E-state index contributed by atoms with van der Waals surface area (Å²) in [6.07, 6.45) is -14.8. The molecule has 0 heterocycles. The van der Waals surface area contributed by atoms with Gasteiger partial charge in [0.15, 0.2) is 0 Å². The van der Waals surface area contributed by atoms with Crippen LogP contribution in [0.3, 0.4) is 0 Å². The summed E-state index contributed by atoms with van der Waals surface area (Å²) in [5, 5.41) is 0. The van der Waals surface area contributed by atoms with Crippen LogP contribution in [-0.4, -0.2) is 249 Å².